The van der Waals surface area contributed by atoms with Crippen LogP contribution in [0, 0.1) is 5.92 Å². The summed E-state index contributed by atoms with van der Waals surface area (Å²) < 4.78 is 0. The van der Waals surface area contributed by atoms with E-state index in [9.17, 15) is 0 Å². The molecule has 1 aliphatic heterocycles. The molecule has 1 aliphatic rings. The summed E-state index contributed by atoms with van der Waals surface area (Å²) in [5.74, 6) is 0.560. The fraction of sp³-hybridized carbons (Fsp3) is 0.533. The number of hydrogen-bond donors (Lipinski definition) is 0. The number of benzene rings is 1. The molecule has 0 aliphatic carbocycles. The molecule has 1 aromatic rings. The summed E-state index contributed by atoms with van der Waals surface area (Å²) in [6.07, 6.45) is 1.09. The smallest absolute Gasteiger partial charge is 0.0434 e. The molecule has 0 spiro atoms. The molecule has 1 saturated heterocycles. The molecule has 98 valence electrons. The van der Waals surface area contributed by atoms with Crippen molar-refractivity contribution in [3.8, 4) is 0 Å². The third-order valence-electron chi connectivity index (χ3n) is 3.36. The summed E-state index contributed by atoms with van der Waals surface area (Å²) in [4.78, 5) is 2.52. The van der Waals surface area contributed by atoms with Gasteiger partial charge in [-0.05, 0) is 5.56 Å². The molecule has 0 amide bonds. The fourth-order valence-corrected chi connectivity index (χ4v) is 2.49. The van der Waals surface area contributed by atoms with Gasteiger partial charge in [0, 0.05) is 51.8 Å². The van der Waals surface area contributed by atoms with Gasteiger partial charge in [0.25, 0.3) is 0 Å². The Hall–Kier alpha value is -1.35. The Balaban J connectivity index is 1.92. The lowest BCUT2D eigenvalue weighted by Crippen LogP contribution is -2.39. The van der Waals surface area contributed by atoms with E-state index < -0.39 is 0 Å². The topological polar surface area (TPSA) is 18.8 Å². The van der Waals surface area contributed by atoms with Gasteiger partial charge in [-0.1, -0.05) is 37.3 Å². The number of piperidine rings is 1. The highest BCUT2D eigenvalue weighted by Crippen LogP contribution is 2.16. The normalized spacial score (nSPS) is 23.3. The molecule has 1 heterocycles. The van der Waals surface area contributed by atoms with Gasteiger partial charge >= 0.3 is 0 Å². The number of nitrogens with zero attached hydrogens (tertiary/aromatic N) is 3. The van der Waals surface area contributed by atoms with Crippen molar-refractivity contribution in [2.45, 2.75) is 19.9 Å². The number of likely N-dealkylation sites (tertiary alicyclic amines) is 1. The quantitative estimate of drug-likeness (QED) is 0.762. The summed E-state index contributed by atoms with van der Waals surface area (Å²) in [5.41, 5.74) is 2.74. The number of rotatable bonds is 3. The van der Waals surface area contributed by atoms with Gasteiger partial charge in [0.2, 0.25) is 0 Å². The van der Waals surface area contributed by atoms with Crippen molar-refractivity contribution in [3.05, 3.63) is 35.9 Å². The van der Waals surface area contributed by atoms with Gasteiger partial charge < -0.3 is 5.01 Å². The van der Waals surface area contributed by atoms with Crippen LogP contribution in [0.5, 0.6) is 0 Å². The van der Waals surface area contributed by atoms with Gasteiger partial charge in [-0.15, -0.1) is 0 Å². The molecular weight excluding hydrogens is 222 g/mol. The monoisotopic (exact) mass is 245 g/mol. The molecule has 3 nitrogen and oxygen atoms in total. The second-order valence-electron chi connectivity index (χ2n) is 5.31. The van der Waals surface area contributed by atoms with Gasteiger partial charge in [0.15, 0.2) is 0 Å². The fourth-order valence-electron chi connectivity index (χ4n) is 2.49. The molecule has 3 heteroatoms. The van der Waals surface area contributed by atoms with E-state index in [0.29, 0.717) is 5.92 Å². The second kappa shape index (κ2) is 6.01. The van der Waals surface area contributed by atoms with Crippen molar-refractivity contribution < 1.29 is 0 Å². The van der Waals surface area contributed by atoms with Gasteiger partial charge in [-0.25, -0.2) is 0 Å². The summed E-state index contributed by atoms with van der Waals surface area (Å²) in [7, 11) is 3.99. The Labute approximate surface area is 110 Å². The van der Waals surface area contributed by atoms with Gasteiger partial charge in [-0.2, -0.15) is 5.10 Å². The van der Waals surface area contributed by atoms with E-state index in [1.54, 1.807) is 0 Å². The Kier molecular flexibility index (Phi) is 4.37. The van der Waals surface area contributed by atoms with Gasteiger partial charge in [0.1, 0.15) is 0 Å². The highest BCUT2D eigenvalue weighted by Gasteiger charge is 2.22. The van der Waals surface area contributed by atoms with Crippen LogP contribution >= 0.6 is 0 Å². The minimum Gasteiger partial charge on any atom is -0.303 e. The van der Waals surface area contributed by atoms with Crippen molar-refractivity contribution in [3.63, 3.8) is 0 Å². The van der Waals surface area contributed by atoms with E-state index in [4.69, 9.17) is 0 Å². The third kappa shape index (κ3) is 3.57. The van der Waals surface area contributed by atoms with E-state index in [2.05, 4.69) is 47.3 Å². The predicted molar refractivity (Wildman–Crippen MR) is 76.6 cm³/mol. The summed E-state index contributed by atoms with van der Waals surface area (Å²) >= 11 is 0. The maximum atomic E-state index is 4.58. The van der Waals surface area contributed by atoms with Crippen LogP contribution in [0.25, 0.3) is 0 Å². The first kappa shape index (κ1) is 13.1. The first-order valence-electron chi connectivity index (χ1n) is 6.66. The zero-order valence-electron chi connectivity index (χ0n) is 11.6. The molecule has 0 aromatic heterocycles. The first-order chi connectivity index (χ1) is 8.65. The van der Waals surface area contributed by atoms with E-state index >= 15 is 0 Å². The van der Waals surface area contributed by atoms with Crippen LogP contribution in [0.3, 0.4) is 0 Å². The Morgan fingerprint density at radius 3 is 2.61 bits per heavy atom. The van der Waals surface area contributed by atoms with Crippen LogP contribution in [0.1, 0.15) is 18.9 Å². The Morgan fingerprint density at radius 2 is 2.00 bits per heavy atom. The molecule has 0 radical (unpaired) electrons. The van der Waals surface area contributed by atoms with Crippen molar-refractivity contribution >= 4 is 5.71 Å². The second-order valence-corrected chi connectivity index (χ2v) is 5.31. The highest BCUT2D eigenvalue weighted by atomic mass is 15.4. The van der Waals surface area contributed by atoms with Crippen molar-refractivity contribution in [2.75, 3.05) is 27.2 Å². The van der Waals surface area contributed by atoms with E-state index in [1.165, 1.54) is 11.3 Å². The Bertz CT molecular complexity index is 397. The van der Waals surface area contributed by atoms with Crippen LogP contribution in [-0.4, -0.2) is 42.8 Å². The summed E-state index contributed by atoms with van der Waals surface area (Å²) in [6.45, 7) is 5.56. The average molecular weight is 245 g/mol. The van der Waals surface area contributed by atoms with E-state index in [0.717, 1.165) is 26.1 Å². The van der Waals surface area contributed by atoms with Crippen LogP contribution in [-0.2, 0) is 6.54 Å². The Morgan fingerprint density at radius 1 is 1.28 bits per heavy atom. The molecule has 2 rings (SSSR count). The lowest BCUT2D eigenvalue weighted by Gasteiger charge is -2.32. The summed E-state index contributed by atoms with van der Waals surface area (Å²) in [6, 6.07) is 10.7. The predicted octanol–water partition coefficient (Wildman–Crippen LogP) is 2.45. The molecular formula is C15H23N3. The van der Waals surface area contributed by atoms with Crippen molar-refractivity contribution in [1.29, 1.82) is 0 Å². The maximum absolute atomic E-state index is 4.58. The van der Waals surface area contributed by atoms with Gasteiger partial charge in [0.05, 0.1) is 0 Å². The molecule has 1 unspecified atom stereocenters. The first-order valence-corrected chi connectivity index (χ1v) is 6.66. The van der Waals surface area contributed by atoms with Crippen molar-refractivity contribution in [2.24, 2.45) is 11.0 Å². The largest absolute Gasteiger partial charge is 0.303 e. The van der Waals surface area contributed by atoms with Crippen LogP contribution in [0.4, 0.5) is 0 Å². The average Bonchev–Trinajstić information content (AvgIpc) is 2.33. The minimum atomic E-state index is 0.560. The van der Waals surface area contributed by atoms with Crippen LogP contribution in [0.15, 0.2) is 35.4 Å². The molecule has 1 fully saturated rings. The zero-order valence-corrected chi connectivity index (χ0v) is 11.6. The molecule has 1 aromatic carbocycles. The zero-order chi connectivity index (χ0) is 13.0. The van der Waals surface area contributed by atoms with Crippen molar-refractivity contribution in [1.82, 2.24) is 9.91 Å². The highest BCUT2D eigenvalue weighted by molar-refractivity contribution is 5.87. The third-order valence-corrected chi connectivity index (χ3v) is 3.36. The molecule has 0 N–H and O–H groups in total. The lowest BCUT2D eigenvalue weighted by atomic mass is 9.97. The lowest BCUT2D eigenvalue weighted by molar-refractivity contribution is 0.235. The molecule has 0 bridgehead atoms. The number of hydrogen-bond acceptors (Lipinski definition) is 3. The number of hydrazone groups is 1. The SMILES string of the molecule is CC1CN(Cc2ccccc2)CCC1=NN(C)C. The van der Waals surface area contributed by atoms with Crippen LogP contribution < -0.4 is 0 Å². The molecule has 18 heavy (non-hydrogen) atoms. The maximum Gasteiger partial charge on any atom is 0.0434 e. The van der Waals surface area contributed by atoms with E-state index in [1.807, 2.05) is 19.1 Å². The van der Waals surface area contributed by atoms with Crippen LogP contribution in [0.2, 0.25) is 0 Å². The molecule has 0 saturated carbocycles. The van der Waals surface area contributed by atoms with Gasteiger partial charge in [-0.3, -0.25) is 4.90 Å². The standard InChI is InChI=1S/C15H23N3/c1-13-11-18(10-9-15(13)16-17(2)3)12-14-7-5-4-6-8-14/h4-8,13H,9-12H2,1-3H3. The molecule has 1 atom stereocenters. The summed E-state index contributed by atoms with van der Waals surface area (Å²) in [5, 5.41) is 6.50. The minimum absolute atomic E-state index is 0.560. The van der Waals surface area contributed by atoms with E-state index in [-0.39, 0.29) is 0 Å².